The van der Waals surface area contributed by atoms with E-state index in [2.05, 4.69) is 19.9 Å². The SMILES string of the molecule is OCCn1c(CC2CCCNC2)nc2cccnc21. The molecule has 0 saturated carbocycles. The molecule has 102 valence electrons. The van der Waals surface area contributed by atoms with Gasteiger partial charge in [0.2, 0.25) is 0 Å². The zero-order chi connectivity index (χ0) is 13.1. The number of rotatable bonds is 4. The van der Waals surface area contributed by atoms with E-state index < -0.39 is 0 Å². The Balaban J connectivity index is 1.90. The minimum Gasteiger partial charge on any atom is -0.395 e. The maximum atomic E-state index is 9.24. The lowest BCUT2D eigenvalue weighted by Gasteiger charge is -2.22. The van der Waals surface area contributed by atoms with Crippen LogP contribution in [-0.2, 0) is 13.0 Å². The summed E-state index contributed by atoms with van der Waals surface area (Å²) in [6, 6.07) is 3.89. The van der Waals surface area contributed by atoms with E-state index in [0.717, 1.165) is 36.5 Å². The molecule has 2 aromatic rings. The van der Waals surface area contributed by atoms with Gasteiger partial charge in [0.05, 0.1) is 6.61 Å². The maximum Gasteiger partial charge on any atom is 0.160 e. The summed E-state index contributed by atoms with van der Waals surface area (Å²) in [4.78, 5) is 9.07. The van der Waals surface area contributed by atoms with E-state index in [-0.39, 0.29) is 6.61 Å². The number of aliphatic hydroxyl groups is 1. The molecule has 1 saturated heterocycles. The molecule has 0 aromatic carbocycles. The molecular weight excluding hydrogens is 240 g/mol. The summed E-state index contributed by atoms with van der Waals surface area (Å²) in [7, 11) is 0. The first-order chi connectivity index (χ1) is 9.38. The van der Waals surface area contributed by atoms with E-state index in [9.17, 15) is 5.11 Å². The zero-order valence-electron chi connectivity index (χ0n) is 11.0. The quantitative estimate of drug-likeness (QED) is 0.859. The molecule has 1 unspecified atom stereocenters. The van der Waals surface area contributed by atoms with Gasteiger partial charge in [-0.3, -0.25) is 0 Å². The average molecular weight is 260 g/mol. The van der Waals surface area contributed by atoms with Crippen molar-refractivity contribution in [3.8, 4) is 0 Å². The normalized spacial score (nSPS) is 19.9. The summed E-state index contributed by atoms with van der Waals surface area (Å²) in [5.41, 5.74) is 1.81. The van der Waals surface area contributed by atoms with E-state index >= 15 is 0 Å². The summed E-state index contributed by atoms with van der Waals surface area (Å²) in [5, 5.41) is 12.7. The van der Waals surface area contributed by atoms with Crippen LogP contribution < -0.4 is 5.32 Å². The second-order valence-corrected chi connectivity index (χ2v) is 5.17. The number of hydrogen-bond acceptors (Lipinski definition) is 4. The fraction of sp³-hybridized carbons (Fsp3) is 0.571. The Kier molecular flexibility index (Phi) is 3.75. The Morgan fingerprint density at radius 1 is 1.47 bits per heavy atom. The van der Waals surface area contributed by atoms with Crippen LogP contribution in [0.15, 0.2) is 18.3 Å². The lowest BCUT2D eigenvalue weighted by Crippen LogP contribution is -2.31. The van der Waals surface area contributed by atoms with Crippen molar-refractivity contribution in [3.63, 3.8) is 0 Å². The first-order valence-electron chi connectivity index (χ1n) is 7.00. The number of pyridine rings is 1. The lowest BCUT2D eigenvalue weighted by molar-refractivity contribution is 0.273. The molecular formula is C14H20N4O. The van der Waals surface area contributed by atoms with Crippen molar-refractivity contribution in [2.75, 3.05) is 19.7 Å². The van der Waals surface area contributed by atoms with Crippen molar-refractivity contribution >= 4 is 11.2 Å². The number of aliphatic hydroxyl groups excluding tert-OH is 1. The van der Waals surface area contributed by atoms with Crippen molar-refractivity contribution in [2.24, 2.45) is 5.92 Å². The van der Waals surface area contributed by atoms with Crippen molar-refractivity contribution in [1.29, 1.82) is 0 Å². The molecule has 0 amide bonds. The highest BCUT2D eigenvalue weighted by atomic mass is 16.3. The highest BCUT2D eigenvalue weighted by Gasteiger charge is 2.18. The van der Waals surface area contributed by atoms with Crippen LogP contribution in [0.4, 0.5) is 0 Å². The number of hydrogen-bond donors (Lipinski definition) is 2. The smallest absolute Gasteiger partial charge is 0.160 e. The van der Waals surface area contributed by atoms with Crippen LogP contribution in [0.2, 0.25) is 0 Å². The number of nitrogens with one attached hydrogen (secondary N) is 1. The lowest BCUT2D eigenvalue weighted by atomic mass is 9.96. The molecule has 1 aliphatic rings. The number of nitrogens with zero attached hydrogens (tertiary/aromatic N) is 3. The summed E-state index contributed by atoms with van der Waals surface area (Å²) in [5.74, 6) is 1.69. The number of aromatic nitrogens is 3. The number of fused-ring (bicyclic) bond motifs is 1. The van der Waals surface area contributed by atoms with Crippen LogP contribution in [-0.4, -0.2) is 39.3 Å². The van der Waals surface area contributed by atoms with Gasteiger partial charge in [-0.1, -0.05) is 0 Å². The fourth-order valence-corrected chi connectivity index (χ4v) is 2.85. The zero-order valence-corrected chi connectivity index (χ0v) is 11.0. The van der Waals surface area contributed by atoms with Gasteiger partial charge in [0.15, 0.2) is 5.65 Å². The second-order valence-electron chi connectivity index (χ2n) is 5.17. The molecule has 0 radical (unpaired) electrons. The van der Waals surface area contributed by atoms with Gasteiger partial charge in [0.25, 0.3) is 0 Å². The molecule has 0 bridgehead atoms. The molecule has 1 aliphatic heterocycles. The van der Waals surface area contributed by atoms with E-state index in [1.54, 1.807) is 6.20 Å². The highest BCUT2D eigenvalue weighted by Crippen LogP contribution is 2.19. The molecule has 19 heavy (non-hydrogen) atoms. The molecule has 1 fully saturated rings. The Hall–Kier alpha value is -1.46. The first-order valence-corrected chi connectivity index (χ1v) is 7.00. The van der Waals surface area contributed by atoms with Crippen LogP contribution >= 0.6 is 0 Å². The van der Waals surface area contributed by atoms with Crippen molar-refractivity contribution in [1.82, 2.24) is 19.9 Å². The van der Waals surface area contributed by atoms with E-state index in [1.165, 1.54) is 12.8 Å². The van der Waals surface area contributed by atoms with Crippen LogP contribution in [0, 0.1) is 5.92 Å². The molecule has 0 spiro atoms. The monoisotopic (exact) mass is 260 g/mol. The summed E-state index contributed by atoms with van der Waals surface area (Å²) in [6.07, 6.45) is 5.24. The van der Waals surface area contributed by atoms with Crippen molar-refractivity contribution in [2.45, 2.75) is 25.8 Å². The van der Waals surface area contributed by atoms with Crippen LogP contribution in [0.3, 0.4) is 0 Å². The van der Waals surface area contributed by atoms with E-state index in [1.807, 2.05) is 12.1 Å². The molecule has 5 nitrogen and oxygen atoms in total. The standard InChI is InChI=1S/C14H20N4O/c19-8-7-18-13(9-11-3-1-5-15-10-11)17-12-4-2-6-16-14(12)18/h2,4,6,11,15,19H,1,3,5,7-10H2. The molecule has 3 rings (SSSR count). The summed E-state index contributed by atoms with van der Waals surface area (Å²) < 4.78 is 2.06. The third kappa shape index (κ3) is 2.62. The van der Waals surface area contributed by atoms with Crippen LogP contribution in [0.1, 0.15) is 18.7 Å². The van der Waals surface area contributed by atoms with Gasteiger partial charge in [-0.2, -0.15) is 0 Å². The second kappa shape index (κ2) is 5.67. The van der Waals surface area contributed by atoms with E-state index in [4.69, 9.17) is 0 Å². The molecule has 5 heteroatoms. The molecule has 2 N–H and O–H groups in total. The van der Waals surface area contributed by atoms with Crippen LogP contribution in [0.25, 0.3) is 11.2 Å². The first kappa shape index (κ1) is 12.6. The predicted molar refractivity (Wildman–Crippen MR) is 73.9 cm³/mol. The van der Waals surface area contributed by atoms with Gasteiger partial charge in [0, 0.05) is 19.2 Å². The van der Waals surface area contributed by atoms with Crippen molar-refractivity contribution in [3.05, 3.63) is 24.2 Å². The Morgan fingerprint density at radius 2 is 2.42 bits per heavy atom. The van der Waals surface area contributed by atoms with E-state index in [0.29, 0.717) is 12.5 Å². The third-order valence-electron chi connectivity index (χ3n) is 3.78. The van der Waals surface area contributed by atoms with Gasteiger partial charge in [-0.05, 0) is 44.0 Å². The third-order valence-corrected chi connectivity index (χ3v) is 3.78. The molecule has 1 atom stereocenters. The van der Waals surface area contributed by atoms with Crippen LogP contribution in [0.5, 0.6) is 0 Å². The largest absolute Gasteiger partial charge is 0.395 e. The summed E-state index contributed by atoms with van der Waals surface area (Å²) in [6.45, 7) is 2.89. The van der Waals surface area contributed by atoms with Crippen molar-refractivity contribution < 1.29 is 5.11 Å². The molecule has 0 aliphatic carbocycles. The highest BCUT2D eigenvalue weighted by molar-refractivity contribution is 5.71. The molecule has 2 aromatic heterocycles. The maximum absolute atomic E-state index is 9.24. The fourth-order valence-electron chi connectivity index (χ4n) is 2.85. The molecule has 3 heterocycles. The number of imidazole rings is 1. The Morgan fingerprint density at radius 3 is 3.21 bits per heavy atom. The number of piperidine rings is 1. The minimum atomic E-state index is 0.123. The van der Waals surface area contributed by atoms with Gasteiger partial charge in [-0.25, -0.2) is 9.97 Å². The Bertz CT molecular complexity index is 545. The Labute approximate surface area is 112 Å². The topological polar surface area (TPSA) is 63.0 Å². The average Bonchev–Trinajstić information content (AvgIpc) is 2.79. The predicted octanol–water partition coefficient (Wildman–Crippen LogP) is 0.966. The van der Waals surface area contributed by atoms with Gasteiger partial charge in [-0.15, -0.1) is 0 Å². The van der Waals surface area contributed by atoms with Gasteiger partial charge < -0.3 is 15.0 Å². The van der Waals surface area contributed by atoms with Gasteiger partial charge >= 0.3 is 0 Å². The summed E-state index contributed by atoms with van der Waals surface area (Å²) >= 11 is 0. The van der Waals surface area contributed by atoms with Gasteiger partial charge in [0.1, 0.15) is 11.3 Å². The minimum absolute atomic E-state index is 0.123.